The lowest BCUT2D eigenvalue weighted by Crippen LogP contribution is -2.55. The molecule has 12 nitrogen and oxygen atoms in total. The fourth-order valence-electron chi connectivity index (χ4n) is 3.33. The molecule has 0 fully saturated rings. The molecule has 2 atom stereocenters. The second-order valence-electron chi connectivity index (χ2n) is 7.39. The molecule has 3 rings (SSSR count). The van der Waals surface area contributed by atoms with Gasteiger partial charge in [0, 0.05) is 0 Å². The number of fused-ring (bicyclic) bond motifs is 1. The van der Waals surface area contributed by atoms with Crippen LogP contribution in [-0.2, 0) is 25.8 Å². The van der Waals surface area contributed by atoms with Crippen molar-refractivity contribution in [1.82, 2.24) is 10.0 Å². The fraction of sp³-hybridized carbons (Fsp3) is 0.222. The molecular formula is C18H20BN2O10PS. The summed E-state index contributed by atoms with van der Waals surface area (Å²) in [6, 6.07) is 7.41. The largest absolute Gasteiger partial charge is 0.547 e. The number of hydrogen-bond acceptors (Lipinski definition) is 7. The summed E-state index contributed by atoms with van der Waals surface area (Å²) < 4.78 is 42.5. The molecule has 0 radical (unpaired) electrons. The van der Waals surface area contributed by atoms with Crippen molar-refractivity contribution in [3.63, 3.8) is 0 Å². The van der Waals surface area contributed by atoms with Gasteiger partial charge in [-0.2, -0.15) is 4.72 Å². The van der Waals surface area contributed by atoms with Crippen LogP contribution >= 0.6 is 7.60 Å². The number of rotatable bonds is 7. The zero-order valence-corrected chi connectivity index (χ0v) is 18.8. The van der Waals surface area contributed by atoms with Crippen LogP contribution in [0.1, 0.15) is 27.5 Å². The molecule has 1 aliphatic heterocycles. The van der Waals surface area contributed by atoms with Crippen LogP contribution in [0.5, 0.6) is 5.75 Å². The van der Waals surface area contributed by atoms with Crippen LogP contribution in [0, 0.1) is 0 Å². The zero-order valence-electron chi connectivity index (χ0n) is 17.1. The normalized spacial score (nSPS) is 17.0. The van der Waals surface area contributed by atoms with Gasteiger partial charge in [0.1, 0.15) is 11.8 Å². The molecule has 1 heterocycles. The molecule has 176 valence electrons. The first-order valence-corrected chi connectivity index (χ1v) is 12.9. The number of carboxylic acid groups (broad SMARTS) is 1. The molecule has 1 unspecified atom stereocenters. The van der Waals surface area contributed by atoms with Gasteiger partial charge in [-0.15, -0.1) is 0 Å². The van der Waals surface area contributed by atoms with Crippen LogP contribution in [-0.4, -0.2) is 59.5 Å². The Hall–Kier alpha value is -2.74. The van der Waals surface area contributed by atoms with Crippen molar-refractivity contribution in [2.24, 2.45) is 0 Å². The van der Waals surface area contributed by atoms with Crippen LogP contribution in [0.25, 0.3) is 0 Å². The fourth-order valence-corrected chi connectivity index (χ4v) is 4.54. The third-order valence-corrected chi connectivity index (χ3v) is 6.47. The molecule has 0 bridgehead atoms. The molecule has 0 saturated heterocycles. The average molecular weight is 498 g/mol. The highest BCUT2D eigenvalue weighted by molar-refractivity contribution is 7.88. The number of para-hydroxylation sites is 1. The van der Waals surface area contributed by atoms with E-state index in [0.29, 0.717) is 5.56 Å². The Morgan fingerprint density at radius 3 is 2.36 bits per heavy atom. The van der Waals surface area contributed by atoms with E-state index in [4.69, 9.17) is 4.65 Å². The summed E-state index contributed by atoms with van der Waals surface area (Å²) in [6.45, 7) is 0. The van der Waals surface area contributed by atoms with E-state index in [9.17, 15) is 42.5 Å². The minimum atomic E-state index is -4.54. The van der Waals surface area contributed by atoms with E-state index in [0.717, 1.165) is 18.4 Å². The number of benzene rings is 2. The van der Waals surface area contributed by atoms with Crippen molar-refractivity contribution in [1.29, 1.82) is 0 Å². The van der Waals surface area contributed by atoms with E-state index in [1.54, 1.807) is 6.07 Å². The summed E-state index contributed by atoms with van der Waals surface area (Å²) in [5, 5.41) is 21.8. The topological polar surface area (TPSA) is 200 Å². The van der Waals surface area contributed by atoms with Crippen molar-refractivity contribution < 1.29 is 47.1 Å². The Morgan fingerprint density at radius 2 is 1.82 bits per heavy atom. The third kappa shape index (κ3) is 5.99. The Morgan fingerprint density at radius 1 is 1.18 bits per heavy atom. The van der Waals surface area contributed by atoms with Gasteiger partial charge in [-0.25, -0.2) is 13.2 Å². The predicted molar refractivity (Wildman–Crippen MR) is 116 cm³/mol. The summed E-state index contributed by atoms with van der Waals surface area (Å²) >= 11 is 0. The molecule has 2 aromatic rings. The number of nitrogens with one attached hydrogen (secondary N) is 2. The number of carboxylic acids is 1. The summed E-state index contributed by atoms with van der Waals surface area (Å²) in [7, 11) is -10.1. The van der Waals surface area contributed by atoms with Gasteiger partial charge >= 0.3 is 20.7 Å². The summed E-state index contributed by atoms with van der Waals surface area (Å²) in [5.74, 6) is -3.18. The van der Waals surface area contributed by atoms with Crippen molar-refractivity contribution in [2.45, 2.75) is 18.4 Å². The maximum absolute atomic E-state index is 13.0. The predicted octanol–water partition coefficient (Wildman–Crippen LogP) is -1.08. The van der Waals surface area contributed by atoms with E-state index in [1.807, 2.05) is 0 Å². The molecule has 0 aromatic heterocycles. The van der Waals surface area contributed by atoms with Gasteiger partial charge in [0.2, 0.25) is 15.9 Å². The first kappa shape index (κ1) is 24.9. The second-order valence-corrected chi connectivity index (χ2v) is 10.8. The molecule has 0 spiro atoms. The second kappa shape index (κ2) is 9.25. The van der Waals surface area contributed by atoms with Gasteiger partial charge in [-0.3, -0.25) is 9.36 Å². The molecular weight excluding hydrogens is 478 g/mol. The van der Waals surface area contributed by atoms with Crippen molar-refractivity contribution in [2.75, 3.05) is 6.26 Å². The number of carbonyl (C=O) groups excluding carboxylic acids is 1. The standard InChI is InChI=1S/C18H20BN2O10PS/c1-33(29,30)21-15(10-5-7-12(8-6-10)32(26,27)28)17(22)20-14-9-11-3-2-4-13(18(23)24)16(11)31-19(14)25/h2-8,14-15,21,25H,9H2,1H3,(H,20,22)(H,23,24)(H2,26,27,28)/t14-,15?/m0/s1. The summed E-state index contributed by atoms with van der Waals surface area (Å²) in [5.41, 5.74) is 0.358. The van der Waals surface area contributed by atoms with E-state index < -0.39 is 48.6 Å². The molecule has 2 aromatic carbocycles. The lowest BCUT2D eigenvalue weighted by molar-refractivity contribution is -0.123. The molecule has 1 aliphatic rings. The first-order valence-electron chi connectivity index (χ1n) is 9.40. The van der Waals surface area contributed by atoms with Gasteiger partial charge in [0.05, 0.1) is 23.1 Å². The Kier molecular flexibility index (Phi) is 6.98. The minimum absolute atomic E-state index is 0.00605. The van der Waals surface area contributed by atoms with E-state index in [2.05, 4.69) is 10.0 Å². The zero-order chi connectivity index (χ0) is 24.6. The SMILES string of the molecule is CS(=O)(=O)NC(C(=O)N[C@H]1Cc2cccc(C(=O)O)c2OB1O)c1ccc(P(=O)(O)O)cc1. The Labute approximate surface area is 189 Å². The van der Waals surface area contributed by atoms with Crippen molar-refractivity contribution in [3.05, 3.63) is 59.2 Å². The van der Waals surface area contributed by atoms with E-state index in [-0.39, 0.29) is 28.6 Å². The molecule has 0 saturated carbocycles. The Balaban J connectivity index is 1.86. The average Bonchev–Trinajstić information content (AvgIpc) is 2.71. The number of amides is 1. The monoisotopic (exact) mass is 498 g/mol. The van der Waals surface area contributed by atoms with Gasteiger partial charge in [-0.1, -0.05) is 24.3 Å². The molecule has 15 heteroatoms. The smallest absolute Gasteiger partial charge is 0.534 e. The summed E-state index contributed by atoms with van der Waals surface area (Å²) in [4.78, 5) is 42.8. The quantitative estimate of drug-likeness (QED) is 0.202. The summed E-state index contributed by atoms with van der Waals surface area (Å²) in [6.07, 6.45) is 0.839. The highest BCUT2D eigenvalue weighted by Gasteiger charge is 2.39. The highest BCUT2D eigenvalue weighted by Crippen LogP contribution is 2.33. The van der Waals surface area contributed by atoms with Gasteiger partial charge in [0.15, 0.2) is 0 Å². The molecule has 1 amide bonds. The van der Waals surface area contributed by atoms with Gasteiger partial charge in [-0.05, 0) is 35.7 Å². The third-order valence-electron chi connectivity index (χ3n) is 4.83. The van der Waals surface area contributed by atoms with Crippen molar-refractivity contribution in [3.8, 4) is 5.75 Å². The molecule has 6 N–H and O–H groups in total. The maximum Gasteiger partial charge on any atom is 0.547 e. The number of aromatic carboxylic acids is 1. The minimum Gasteiger partial charge on any atom is -0.534 e. The number of sulfonamides is 1. The highest BCUT2D eigenvalue weighted by atomic mass is 32.2. The van der Waals surface area contributed by atoms with Gasteiger partial charge < -0.3 is 29.9 Å². The first-order chi connectivity index (χ1) is 15.3. The number of hydrogen-bond donors (Lipinski definition) is 6. The van der Waals surface area contributed by atoms with Crippen molar-refractivity contribution >= 4 is 41.9 Å². The van der Waals surface area contributed by atoms with Crippen LogP contribution in [0.2, 0.25) is 0 Å². The van der Waals surface area contributed by atoms with E-state index >= 15 is 0 Å². The van der Waals surface area contributed by atoms with Crippen LogP contribution in [0.15, 0.2) is 42.5 Å². The molecule has 0 aliphatic carbocycles. The number of carbonyl (C=O) groups is 2. The van der Waals surface area contributed by atoms with Gasteiger partial charge in [0.25, 0.3) is 0 Å². The van der Waals surface area contributed by atoms with Crippen LogP contribution < -0.4 is 20.0 Å². The lowest BCUT2D eigenvalue weighted by Gasteiger charge is -2.30. The van der Waals surface area contributed by atoms with Crippen LogP contribution in [0.4, 0.5) is 0 Å². The molecule has 33 heavy (non-hydrogen) atoms. The maximum atomic E-state index is 13.0. The van der Waals surface area contributed by atoms with E-state index in [1.165, 1.54) is 24.3 Å². The lowest BCUT2D eigenvalue weighted by atomic mass is 9.72. The Bertz CT molecular complexity index is 1230. The van der Waals surface area contributed by atoms with Crippen LogP contribution in [0.3, 0.4) is 0 Å².